The second-order valence-corrected chi connectivity index (χ2v) is 14.8. The van der Waals surface area contributed by atoms with Gasteiger partial charge in [-0.25, -0.2) is 4.79 Å². The number of hydrogen-bond donors (Lipinski definition) is 3. The molecule has 3 N–H and O–H groups in total. The fourth-order valence-electron chi connectivity index (χ4n) is 7.72. The number of Topliss-reactive ketones (excluding diaryl/α,β-unsaturated/α-hetero) is 1. The van der Waals surface area contributed by atoms with Crippen LogP contribution in [0.2, 0.25) is 0 Å². The van der Waals surface area contributed by atoms with Gasteiger partial charge in [-0.15, -0.1) is 0 Å². The summed E-state index contributed by atoms with van der Waals surface area (Å²) in [5, 5.41) is 31.9. The van der Waals surface area contributed by atoms with Crippen molar-refractivity contribution in [2.75, 3.05) is 6.54 Å². The molecule has 1 saturated carbocycles. The van der Waals surface area contributed by atoms with Crippen LogP contribution in [0.5, 0.6) is 0 Å². The molecule has 1 aliphatic carbocycles. The van der Waals surface area contributed by atoms with Crippen LogP contribution < -0.4 is 0 Å². The van der Waals surface area contributed by atoms with Crippen molar-refractivity contribution in [1.82, 2.24) is 4.90 Å². The third kappa shape index (κ3) is 9.40. The third-order valence-electron chi connectivity index (χ3n) is 11.1. The highest BCUT2D eigenvalue weighted by molar-refractivity contribution is 6.39. The Kier molecular flexibility index (Phi) is 13.4. The van der Waals surface area contributed by atoms with E-state index in [1.807, 2.05) is 13.0 Å². The number of allylic oxidation sites excluding steroid dienone is 4. The predicted molar refractivity (Wildman–Crippen MR) is 176 cm³/mol. The quantitative estimate of drug-likeness (QED) is 0.227. The molecule has 11 unspecified atom stereocenters. The normalized spacial score (nSPS) is 39.5. The first-order valence-corrected chi connectivity index (χ1v) is 18.0. The molecule has 0 aromatic rings. The number of fused-ring (bicyclic) bond motifs is 3. The largest absolute Gasteiger partial charge is 0.461 e. The Balaban J connectivity index is 1.59. The van der Waals surface area contributed by atoms with Crippen molar-refractivity contribution in [2.45, 2.75) is 147 Å². The van der Waals surface area contributed by atoms with Gasteiger partial charge in [0.2, 0.25) is 5.79 Å². The lowest BCUT2D eigenvalue weighted by atomic mass is 9.78. The van der Waals surface area contributed by atoms with Gasteiger partial charge in [0.25, 0.3) is 11.7 Å². The fraction of sp³-hybridized carbons (Fsp3) is 0.784. The van der Waals surface area contributed by atoms with Crippen LogP contribution in [0.3, 0.4) is 0 Å². The van der Waals surface area contributed by atoms with E-state index in [1.54, 1.807) is 13.8 Å². The number of carbonyl (C=O) groups is 4. The summed E-state index contributed by atoms with van der Waals surface area (Å²) >= 11 is 0. The van der Waals surface area contributed by atoms with Crippen molar-refractivity contribution in [3.05, 3.63) is 24.3 Å². The van der Waals surface area contributed by atoms with Crippen molar-refractivity contribution in [3.8, 4) is 0 Å². The number of esters is 1. The minimum absolute atomic E-state index is 0.0302. The lowest BCUT2D eigenvalue weighted by Crippen LogP contribution is -2.61. The topological polar surface area (TPSA) is 151 Å². The molecule has 10 nitrogen and oxygen atoms in total. The molecule has 10 heteroatoms. The first-order valence-electron chi connectivity index (χ1n) is 18.0. The maximum Gasteiger partial charge on any atom is 0.329 e. The van der Waals surface area contributed by atoms with Crippen LogP contribution in [0.1, 0.15) is 111 Å². The molecule has 4 aliphatic rings. The molecule has 0 aromatic heterocycles. The minimum Gasteiger partial charge on any atom is -0.461 e. The number of nitrogens with zero attached hydrogens (tertiary/aromatic N) is 1. The highest BCUT2D eigenvalue weighted by Crippen LogP contribution is 2.37. The summed E-state index contributed by atoms with van der Waals surface area (Å²) in [5.74, 6) is -6.10. The molecular formula is C37H57NO9. The van der Waals surface area contributed by atoms with Gasteiger partial charge in [0.1, 0.15) is 12.1 Å². The van der Waals surface area contributed by atoms with E-state index in [4.69, 9.17) is 9.47 Å². The van der Waals surface area contributed by atoms with Crippen molar-refractivity contribution < 1.29 is 44.0 Å². The van der Waals surface area contributed by atoms with E-state index in [2.05, 4.69) is 19.1 Å². The van der Waals surface area contributed by atoms with E-state index < -0.39 is 65.7 Å². The lowest BCUT2D eigenvalue weighted by molar-refractivity contribution is -0.268. The minimum atomic E-state index is -2.40. The number of ketones is 2. The Hall–Kier alpha value is -2.40. The van der Waals surface area contributed by atoms with Gasteiger partial charge in [0.05, 0.1) is 18.3 Å². The van der Waals surface area contributed by atoms with Crippen molar-refractivity contribution in [3.63, 3.8) is 0 Å². The van der Waals surface area contributed by atoms with E-state index in [9.17, 15) is 34.5 Å². The first-order chi connectivity index (χ1) is 22.3. The molecule has 11 atom stereocenters. The highest BCUT2D eigenvalue weighted by Gasteiger charge is 2.53. The molecule has 3 heterocycles. The SMILES string of the molecule is CC1C=CCCC=CC(=O)C(C)C2CCC(C)C(O)(O2)C(=O)C(=O)N2CCCCC2C(=O)OC(C(C)CC2CCC(O)C(O)C2)CC1. The Morgan fingerprint density at radius 1 is 0.915 bits per heavy atom. The summed E-state index contributed by atoms with van der Waals surface area (Å²) < 4.78 is 12.2. The summed E-state index contributed by atoms with van der Waals surface area (Å²) in [7, 11) is 0. The number of hydrogen-bond acceptors (Lipinski definition) is 9. The molecule has 4 rings (SSSR count). The molecule has 2 bridgehead atoms. The van der Waals surface area contributed by atoms with E-state index in [1.165, 1.54) is 11.0 Å². The molecule has 2 saturated heterocycles. The summed E-state index contributed by atoms with van der Waals surface area (Å²) in [6, 6.07) is -0.961. The van der Waals surface area contributed by atoms with E-state index in [0.29, 0.717) is 57.8 Å². The summed E-state index contributed by atoms with van der Waals surface area (Å²) in [6.45, 7) is 7.72. The zero-order valence-corrected chi connectivity index (χ0v) is 28.7. The number of carbonyl (C=O) groups excluding carboxylic acids is 4. The van der Waals surface area contributed by atoms with Crippen LogP contribution in [0, 0.1) is 29.6 Å². The number of rotatable bonds is 3. The molecular weight excluding hydrogens is 602 g/mol. The smallest absolute Gasteiger partial charge is 0.329 e. The number of aliphatic hydroxyl groups is 3. The van der Waals surface area contributed by atoms with Gasteiger partial charge < -0.3 is 29.7 Å². The van der Waals surface area contributed by atoms with Crippen LogP contribution in [0.4, 0.5) is 0 Å². The highest BCUT2D eigenvalue weighted by atomic mass is 16.6. The maximum absolute atomic E-state index is 13.9. The van der Waals surface area contributed by atoms with Crippen molar-refractivity contribution in [2.24, 2.45) is 29.6 Å². The zero-order chi connectivity index (χ0) is 34.3. The molecule has 0 spiro atoms. The maximum atomic E-state index is 13.9. The standard InChI is InChI=1S/C37H57NO9/c1-23-11-7-5-6-8-13-29(39)26(4)33-19-15-25(3)37(45,47-33)34(42)35(43)38-20-10-9-12-28(38)36(44)46-32(18-14-23)24(2)21-27-16-17-30(40)31(41)22-27/h7-8,11,13,23-28,30-33,40-41,45H,5-6,9-10,12,14-22H2,1-4H3. The number of ether oxygens (including phenoxy) is 2. The zero-order valence-electron chi connectivity index (χ0n) is 28.7. The molecule has 264 valence electrons. The van der Waals surface area contributed by atoms with E-state index in [0.717, 1.165) is 25.7 Å². The average molecular weight is 660 g/mol. The van der Waals surface area contributed by atoms with Gasteiger partial charge in [-0.1, -0.05) is 45.9 Å². The fourth-order valence-corrected chi connectivity index (χ4v) is 7.72. The van der Waals surface area contributed by atoms with Crippen LogP contribution in [0.15, 0.2) is 24.3 Å². The monoisotopic (exact) mass is 659 g/mol. The van der Waals surface area contributed by atoms with Crippen molar-refractivity contribution in [1.29, 1.82) is 0 Å². The van der Waals surface area contributed by atoms with Gasteiger partial charge in [0.15, 0.2) is 5.78 Å². The predicted octanol–water partition coefficient (Wildman–Crippen LogP) is 4.43. The van der Waals surface area contributed by atoms with Gasteiger partial charge in [0, 0.05) is 18.4 Å². The average Bonchev–Trinajstić information content (AvgIpc) is 3.05. The molecule has 0 aromatic carbocycles. The number of piperidine rings is 1. The van der Waals surface area contributed by atoms with Gasteiger partial charge in [-0.05, 0) is 107 Å². The summed E-state index contributed by atoms with van der Waals surface area (Å²) in [4.78, 5) is 55.7. The summed E-state index contributed by atoms with van der Waals surface area (Å²) in [5.41, 5.74) is 0. The van der Waals surface area contributed by atoms with Gasteiger partial charge in [-0.3, -0.25) is 14.4 Å². The molecule has 1 amide bonds. The van der Waals surface area contributed by atoms with Gasteiger partial charge in [-0.2, -0.15) is 0 Å². The van der Waals surface area contributed by atoms with Crippen LogP contribution in [0.25, 0.3) is 0 Å². The summed E-state index contributed by atoms with van der Waals surface area (Å²) in [6.07, 6.45) is 12.9. The second kappa shape index (κ2) is 16.8. The van der Waals surface area contributed by atoms with Crippen LogP contribution >= 0.6 is 0 Å². The second-order valence-electron chi connectivity index (χ2n) is 14.8. The first kappa shape index (κ1) is 37.4. The molecule has 3 fully saturated rings. The Morgan fingerprint density at radius 2 is 1.66 bits per heavy atom. The van der Waals surface area contributed by atoms with E-state index in [-0.39, 0.29) is 30.1 Å². The van der Waals surface area contributed by atoms with E-state index >= 15 is 0 Å². The Bertz CT molecular complexity index is 1170. The lowest BCUT2D eigenvalue weighted by Gasteiger charge is -2.43. The molecule has 47 heavy (non-hydrogen) atoms. The van der Waals surface area contributed by atoms with Crippen LogP contribution in [-0.2, 0) is 28.7 Å². The van der Waals surface area contributed by atoms with Crippen molar-refractivity contribution >= 4 is 23.4 Å². The number of amides is 1. The Morgan fingerprint density at radius 3 is 2.40 bits per heavy atom. The third-order valence-corrected chi connectivity index (χ3v) is 11.1. The van der Waals surface area contributed by atoms with Gasteiger partial charge >= 0.3 is 5.97 Å². The number of cyclic esters (lactones) is 1. The van der Waals surface area contributed by atoms with Crippen LogP contribution in [-0.4, -0.2) is 86.5 Å². The number of aliphatic hydroxyl groups excluding tert-OH is 2. The molecule has 0 radical (unpaired) electrons. The molecule has 3 aliphatic heterocycles. The Labute approximate surface area is 279 Å².